The van der Waals surface area contributed by atoms with Crippen LogP contribution in [0.5, 0.6) is 5.75 Å². The minimum atomic E-state index is -0.561. The summed E-state index contributed by atoms with van der Waals surface area (Å²) in [6.07, 6.45) is 0.259. The third-order valence-electron chi connectivity index (χ3n) is 3.11. The van der Waals surface area contributed by atoms with Gasteiger partial charge < -0.3 is 20.5 Å². The number of carbonyl (C=O) groups is 1. The van der Waals surface area contributed by atoms with Crippen LogP contribution in [0.1, 0.15) is 20.3 Å². The molecule has 0 saturated carbocycles. The van der Waals surface area contributed by atoms with Crippen molar-refractivity contribution in [3.05, 3.63) is 24.3 Å². The number of anilines is 1. The van der Waals surface area contributed by atoms with Crippen LogP contribution in [0.4, 0.5) is 5.69 Å². The lowest BCUT2D eigenvalue weighted by Crippen LogP contribution is -2.47. The summed E-state index contributed by atoms with van der Waals surface area (Å²) in [5.74, 6) is 0.583. The second kappa shape index (κ2) is 6.43. The van der Waals surface area contributed by atoms with Gasteiger partial charge in [-0.2, -0.15) is 0 Å². The Hall–Kier alpha value is -1.75. The van der Waals surface area contributed by atoms with E-state index >= 15 is 0 Å². The van der Waals surface area contributed by atoms with Crippen molar-refractivity contribution in [2.24, 2.45) is 0 Å². The molecular formula is C14H22N2O3. The Morgan fingerprint density at radius 3 is 2.74 bits per heavy atom. The first-order chi connectivity index (χ1) is 8.86. The molecule has 0 heterocycles. The van der Waals surface area contributed by atoms with Gasteiger partial charge in [-0.25, -0.2) is 0 Å². The first kappa shape index (κ1) is 15.3. The lowest BCUT2D eigenvalue weighted by molar-refractivity contribution is -0.136. The van der Waals surface area contributed by atoms with Crippen molar-refractivity contribution in [2.75, 3.05) is 26.0 Å². The van der Waals surface area contributed by atoms with E-state index in [1.807, 2.05) is 13.8 Å². The molecule has 5 nitrogen and oxygen atoms in total. The summed E-state index contributed by atoms with van der Waals surface area (Å²) in [6, 6.07) is 7.08. The molecule has 0 aliphatic rings. The van der Waals surface area contributed by atoms with Gasteiger partial charge in [-0.3, -0.25) is 4.79 Å². The number of likely N-dealkylation sites (N-methyl/N-ethyl adjacent to an activating group) is 1. The number of aliphatic hydroxyl groups is 1. The number of hydrogen-bond donors (Lipinski definition) is 2. The standard InChI is InChI=1S/C14H22N2O3/c1-14(2,10-17)16(3)13(18)7-8-19-12-6-4-5-11(15)9-12/h4-6,9,17H,7-8,10,15H2,1-3H3. The summed E-state index contributed by atoms with van der Waals surface area (Å²) in [5.41, 5.74) is 5.70. The molecule has 0 spiro atoms. The van der Waals surface area contributed by atoms with Crippen molar-refractivity contribution in [1.82, 2.24) is 4.90 Å². The van der Waals surface area contributed by atoms with Crippen molar-refractivity contribution >= 4 is 11.6 Å². The summed E-state index contributed by atoms with van der Waals surface area (Å²) in [5, 5.41) is 9.21. The summed E-state index contributed by atoms with van der Waals surface area (Å²) in [7, 11) is 1.68. The maximum Gasteiger partial charge on any atom is 0.226 e. The summed E-state index contributed by atoms with van der Waals surface area (Å²) < 4.78 is 5.46. The Bertz CT molecular complexity index is 432. The van der Waals surface area contributed by atoms with E-state index in [0.717, 1.165) is 0 Å². The molecule has 0 saturated heterocycles. The van der Waals surface area contributed by atoms with Gasteiger partial charge in [-0.1, -0.05) is 6.07 Å². The van der Waals surface area contributed by atoms with Crippen LogP contribution in [-0.2, 0) is 4.79 Å². The molecule has 19 heavy (non-hydrogen) atoms. The molecule has 106 valence electrons. The number of nitrogens with zero attached hydrogens (tertiary/aromatic N) is 1. The van der Waals surface area contributed by atoms with E-state index in [0.29, 0.717) is 11.4 Å². The van der Waals surface area contributed by atoms with Crippen LogP contribution in [0, 0.1) is 0 Å². The van der Waals surface area contributed by atoms with E-state index in [1.54, 1.807) is 31.3 Å². The number of aliphatic hydroxyl groups excluding tert-OH is 1. The highest BCUT2D eigenvalue weighted by atomic mass is 16.5. The molecule has 0 aliphatic heterocycles. The third-order valence-corrected chi connectivity index (χ3v) is 3.11. The number of nitrogen functional groups attached to an aromatic ring is 1. The van der Waals surface area contributed by atoms with Gasteiger partial charge in [0.05, 0.1) is 25.2 Å². The van der Waals surface area contributed by atoms with E-state index < -0.39 is 5.54 Å². The summed E-state index contributed by atoms with van der Waals surface area (Å²) in [6.45, 7) is 3.83. The highest BCUT2D eigenvalue weighted by Gasteiger charge is 2.26. The highest BCUT2D eigenvalue weighted by Crippen LogP contribution is 2.16. The number of ether oxygens (including phenoxy) is 1. The Morgan fingerprint density at radius 1 is 1.47 bits per heavy atom. The van der Waals surface area contributed by atoms with E-state index in [9.17, 15) is 9.90 Å². The maximum atomic E-state index is 11.9. The van der Waals surface area contributed by atoms with Gasteiger partial charge in [0.2, 0.25) is 5.91 Å². The molecule has 0 aliphatic carbocycles. The molecule has 1 rings (SSSR count). The lowest BCUT2D eigenvalue weighted by Gasteiger charge is -2.34. The van der Waals surface area contributed by atoms with Crippen LogP contribution in [0.2, 0.25) is 0 Å². The molecule has 1 aromatic carbocycles. The minimum Gasteiger partial charge on any atom is -0.493 e. The first-order valence-corrected chi connectivity index (χ1v) is 6.22. The number of nitrogens with two attached hydrogens (primary N) is 1. The average molecular weight is 266 g/mol. The zero-order chi connectivity index (χ0) is 14.5. The van der Waals surface area contributed by atoms with E-state index in [-0.39, 0.29) is 25.5 Å². The van der Waals surface area contributed by atoms with Crippen LogP contribution in [0.3, 0.4) is 0 Å². The van der Waals surface area contributed by atoms with Gasteiger partial charge >= 0.3 is 0 Å². The van der Waals surface area contributed by atoms with Crippen molar-refractivity contribution in [1.29, 1.82) is 0 Å². The minimum absolute atomic E-state index is 0.0667. The largest absolute Gasteiger partial charge is 0.493 e. The molecule has 0 bridgehead atoms. The fourth-order valence-electron chi connectivity index (χ4n) is 1.47. The predicted octanol–water partition coefficient (Wildman–Crippen LogP) is 1.27. The normalized spacial score (nSPS) is 11.2. The second-order valence-corrected chi connectivity index (χ2v) is 5.09. The Balaban J connectivity index is 2.43. The number of hydrogen-bond acceptors (Lipinski definition) is 4. The zero-order valence-corrected chi connectivity index (χ0v) is 11.7. The predicted molar refractivity (Wildman–Crippen MR) is 74.9 cm³/mol. The Labute approximate surface area is 114 Å². The van der Waals surface area contributed by atoms with E-state index in [2.05, 4.69) is 0 Å². The molecule has 0 radical (unpaired) electrons. The SMILES string of the molecule is CN(C(=O)CCOc1cccc(N)c1)C(C)(C)CO. The molecule has 1 aromatic rings. The maximum absolute atomic E-state index is 11.9. The molecule has 5 heteroatoms. The average Bonchev–Trinajstić information content (AvgIpc) is 2.37. The van der Waals surface area contributed by atoms with Crippen molar-refractivity contribution in [3.63, 3.8) is 0 Å². The van der Waals surface area contributed by atoms with Crippen LogP contribution >= 0.6 is 0 Å². The number of benzene rings is 1. The summed E-state index contributed by atoms with van der Waals surface area (Å²) >= 11 is 0. The Kier molecular flexibility index (Phi) is 5.18. The topological polar surface area (TPSA) is 75.8 Å². The second-order valence-electron chi connectivity index (χ2n) is 5.09. The Morgan fingerprint density at radius 2 is 2.16 bits per heavy atom. The summed E-state index contributed by atoms with van der Waals surface area (Å²) in [4.78, 5) is 13.5. The fraction of sp³-hybridized carbons (Fsp3) is 0.500. The number of carbonyl (C=O) groups excluding carboxylic acids is 1. The van der Waals surface area contributed by atoms with Gasteiger partial charge in [-0.15, -0.1) is 0 Å². The molecule has 1 amide bonds. The fourth-order valence-corrected chi connectivity index (χ4v) is 1.47. The number of amides is 1. The molecule has 0 unspecified atom stereocenters. The van der Waals surface area contributed by atoms with Gasteiger partial charge in [0.25, 0.3) is 0 Å². The van der Waals surface area contributed by atoms with Crippen LogP contribution in [0.25, 0.3) is 0 Å². The smallest absolute Gasteiger partial charge is 0.226 e. The number of rotatable bonds is 6. The van der Waals surface area contributed by atoms with Crippen molar-refractivity contribution < 1.29 is 14.6 Å². The van der Waals surface area contributed by atoms with Gasteiger partial charge in [0.15, 0.2) is 0 Å². The third kappa shape index (κ3) is 4.44. The van der Waals surface area contributed by atoms with E-state index in [4.69, 9.17) is 10.5 Å². The molecule has 0 fully saturated rings. The van der Waals surface area contributed by atoms with Crippen LogP contribution < -0.4 is 10.5 Å². The van der Waals surface area contributed by atoms with Crippen molar-refractivity contribution in [3.8, 4) is 5.75 Å². The van der Waals surface area contributed by atoms with Gasteiger partial charge in [0, 0.05) is 18.8 Å². The molecule has 0 atom stereocenters. The van der Waals surface area contributed by atoms with Crippen molar-refractivity contribution in [2.45, 2.75) is 25.8 Å². The van der Waals surface area contributed by atoms with Gasteiger partial charge in [-0.05, 0) is 26.0 Å². The van der Waals surface area contributed by atoms with Gasteiger partial charge in [0.1, 0.15) is 5.75 Å². The quantitative estimate of drug-likeness (QED) is 0.760. The molecular weight excluding hydrogens is 244 g/mol. The molecule has 0 aromatic heterocycles. The lowest BCUT2D eigenvalue weighted by atomic mass is 10.0. The zero-order valence-electron chi connectivity index (χ0n) is 11.7. The van der Waals surface area contributed by atoms with Crippen LogP contribution in [-0.4, -0.2) is 41.7 Å². The first-order valence-electron chi connectivity index (χ1n) is 6.22. The van der Waals surface area contributed by atoms with Crippen LogP contribution in [0.15, 0.2) is 24.3 Å². The van der Waals surface area contributed by atoms with E-state index in [1.165, 1.54) is 4.90 Å². The molecule has 3 N–H and O–H groups in total. The highest BCUT2D eigenvalue weighted by molar-refractivity contribution is 5.76. The monoisotopic (exact) mass is 266 g/mol.